The third-order valence-corrected chi connectivity index (χ3v) is 2.62. The molecule has 0 amide bonds. The van der Waals surface area contributed by atoms with Crippen LogP contribution in [0.5, 0.6) is 5.75 Å². The fraction of sp³-hybridized carbons (Fsp3) is 0.308. The van der Waals surface area contributed by atoms with Crippen molar-refractivity contribution in [3.05, 3.63) is 41.7 Å². The summed E-state index contributed by atoms with van der Waals surface area (Å²) in [5.74, 6) is 0.855. The van der Waals surface area contributed by atoms with Crippen molar-refractivity contribution in [3.8, 4) is 5.75 Å². The molecular weight excluding hydrogens is 214 g/mol. The first-order valence-corrected chi connectivity index (χ1v) is 5.61. The highest BCUT2D eigenvalue weighted by Crippen LogP contribution is 2.20. The van der Waals surface area contributed by atoms with Crippen molar-refractivity contribution in [1.29, 1.82) is 0 Å². The summed E-state index contributed by atoms with van der Waals surface area (Å²) in [6, 6.07) is 5.70. The van der Waals surface area contributed by atoms with Crippen molar-refractivity contribution in [3.63, 3.8) is 0 Å². The fourth-order valence-electron chi connectivity index (χ4n) is 1.65. The van der Waals surface area contributed by atoms with Gasteiger partial charge in [0.05, 0.1) is 12.8 Å². The Balaban J connectivity index is 1.91. The topological polar surface area (TPSA) is 53.1 Å². The predicted octanol–water partition coefficient (Wildman–Crippen LogP) is 1.93. The monoisotopic (exact) mass is 231 g/mol. The number of aryl methyl sites for hydroxylation is 2. The average Bonchev–Trinajstić information content (AvgIpc) is 2.69. The lowest BCUT2D eigenvalue weighted by Crippen LogP contribution is -2.02. The van der Waals surface area contributed by atoms with Gasteiger partial charge in [-0.15, -0.1) is 0 Å². The summed E-state index contributed by atoms with van der Waals surface area (Å²) in [4.78, 5) is 0. The van der Waals surface area contributed by atoms with Crippen LogP contribution in [0, 0.1) is 6.92 Å². The zero-order valence-electron chi connectivity index (χ0n) is 10.2. The maximum atomic E-state index is 5.72. The molecule has 17 heavy (non-hydrogen) atoms. The summed E-state index contributed by atoms with van der Waals surface area (Å²) in [6.07, 6.45) is 4.70. The van der Waals surface area contributed by atoms with E-state index in [0.29, 0.717) is 6.61 Å². The SMILES string of the molecule is Cc1ccc(N)cc1OCCc1cnn(C)c1. The number of nitrogens with two attached hydrogens (primary N) is 1. The number of benzene rings is 1. The molecule has 2 rings (SSSR count). The molecule has 1 heterocycles. The molecule has 0 aliphatic heterocycles. The molecule has 0 spiro atoms. The van der Waals surface area contributed by atoms with Crippen LogP contribution in [0.2, 0.25) is 0 Å². The van der Waals surface area contributed by atoms with Gasteiger partial charge in [-0.3, -0.25) is 4.68 Å². The maximum Gasteiger partial charge on any atom is 0.124 e. The lowest BCUT2D eigenvalue weighted by molar-refractivity contribution is 0.320. The highest BCUT2D eigenvalue weighted by Gasteiger charge is 2.01. The third kappa shape index (κ3) is 3.00. The lowest BCUT2D eigenvalue weighted by atomic mass is 10.2. The minimum Gasteiger partial charge on any atom is -0.493 e. The fourth-order valence-corrected chi connectivity index (χ4v) is 1.65. The van der Waals surface area contributed by atoms with Crippen LogP contribution in [-0.4, -0.2) is 16.4 Å². The number of hydrogen-bond acceptors (Lipinski definition) is 3. The molecule has 2 aromatic rings. The van der Waals surface area contributed by atoms with Crippen LogP contribution in [-0.2, 0) is 13.5 Å². The van der Waals surface area contributed by atoms with Crippen LogP contribution in [0.25, 0.3) is 0 Å². The zero-order valence-corrected chi connectivity index (χ0v) is 10.2. The minimum atomic E-state index is 0.635. The average molecular weight is 231 g/mol. The molecule has 0 atom stereocenters. The van der Waals surface area contributed by atoms with Crippen LogP contribution < -0.4 is 10.5 Å². The number of ether oxygens (including phenoxy) is 1. The van der Waals surface area contributed by atoms with E-state index in [2.05, 4.69) is 5.10 Å². The molecule has 1 aromatic carbocycles. The normalized spacial score (nSPS) is 10.5. The molecule has 0 saturated heterocycles. The smallest absolute Gasteiger partial charge is 0.124 e. The quantitative estimate of drug-likeness (QED) is 0.818. The Labute approximate surface area is 101 Å². The molecule has 0 unspecified atom stereocenters. The van der Waals surface area contributed by atoms with Crippen LogP contribution in [0.15, 0.2) is 30.6 Å². The van der Waals surface area contributed by atoms with Crippen molar-refractivity contribution in [2.45, 2.75) is 13.3 Å². The first-order valence-electron chi connectivity index (χ1n) is 5.61. The number of anilines is 1. The first-order chi connectivity index (χ1) is 8.15. The number of nitrogen functional groups attached to an aromatic ring is 1. The molecular formula is C13H17N3O. The predicted molar refractivity (Wildman–Crippen MR) is 68.0 cm³/mol. The van der Waals surface area contributed by atoms with Crippen molar-refractivity contribution in [2.24, 2.45) is 7.05 Å². The van der Waals surface area contributed by atoms with E-state index in [1.54, 1.807) is 4.68 Å². The van der Waals surface area contributed by atoms with E-state index in [1.807, 2.05) is 44.6 Å². The number of hydrogen-bond donors (Lipinski definition) is 1. The lowest BCUT2D eigenvalue weighted by Gasteiger charge is -2.09. The van der Waals surface area contributed by atoms with Crippen LogP contribution in [0.4, 0.5) is 5.69 Å². The molecule has 0 saturated carbocycles. The highest BCUT2D eigenvalue weighted by atomic mass is 16.5. The molecule has 90 valence electrons. The molecule has 0 radical (unpaired) electrons. The van der Waals surface area contributed by atoms with Crippen molar-refractivity contribution in [2.75, 3.05) is 12.3 Å². The second-order valence-corrected chi connectivity index (χ2v) is 4.15. The Kier molecular flexibility index (Phi) is 3.32. The van der Waals surface area contributed by atoms with Gasteiger partial charge in [-0.25, -0.2) is 0 Å². The van der Waals surface area contributed by atoms with Gasteiger partial charge < -0.3 is 10.5 Å². The summed E-state index contributed by atoms with van der Waals surface area (Å²) >= 11 is 0. The summed E-state index contributed by atoms with van der Waals surface area (Å²) in [5, 5.41) is 4.12. The van der Waals surface area contributed by atoms with Gasteiger partial charge in [0.2, 0.25) is 0 Å². The molecule has 0 aliphatic carbocycles. The van der Waals surface area contributed by atoms with Gasteiger partial charge >= 0.3 is 0 Å². The molecule has 0 aliphatic rings. The molecule has 2 N–H and O–H groups in total. The van der Waals surface area contributed by atoms with Crippen molar-refractivity contribution >= 4 is 5.69 Å². The Morgan fingerprint density at radius 2 is 2.24 bits per heavy atom. The molecule has 0 fully saturated rings. The van der Waals surface area contributed by atoms with Gasteiger partial charge in [0.25, 0.3) is 0 Å². The molecule has 4 heteroatoms. The van der Waals surface area contributed by atoms with Crippen molar-refractivity contribution < 1.29 is 4.74 Å². The largest absolute Gasteiger partial charge is 0.493 e. The van der Waals surface area contributed by atoms with Crippen LogP contribution in [0.1, 0.15) is 11.1 Å². The minimum absolute atomic E-state index is 0.635. The number of aromatic nitrogens is 2. The van der Waals surface area contributed by atoms with E-state index in [0.717, 1.165) is 23.4 Å². The molecule has 1 aromatic heterocycles. The van der Waals surface area contributed by atoms with Gasteiger partial charge in [0.1, 0.15) is 5.75 Å². The number of rotatable bonds is 4. The Hall–Kier alpha value is -1.97. The molecule has 4 nitrogen and oxygen atoms in total. The van der Waals surface area contributed by atoms with E-state index in [9.17, 15) is 0 Å². The van der Waals surface area contributed by atoms with E-state index in [1.165, 1.54) is 5.56 Å². The van der Waals surface area contributed by atoms with E-state index in [4.69, 9.17) is 10.5 Å². The van der Waals surface area contributed by atoms with E-state index < -0.39 is 0 Å². The summed E-state index contributed by atoms with van der Waals surface area (Å²) in [7, 11) is 1.91. The summed E-state index contributed by atoms with van der Waals surface area (Å²) < 4.78 is 7.51. The second kappa shape index (κ2) is 4.91. The summed E-state index contributed by atoms with van der Waals surface area (Å²) in [6.45, 7) is 2.65. The highest BCUT2D eigenvalue weighted by molar-refractivity contribution is 5.47. The zero-order chi connectivity index (χ0) is 12.3. The summed E-state index contributed by atoms with van der Waals surface area (Å²) in [5.41, 5.74) is 8.73. The standard InChI is InChI=1S/C13H17N3O/c1-10-3-4-12(14)7-13(10)17-6-5-11-8-15-16(2)9-11/h3-4,7-9H,5-6,14H2,1-2H3. The van der Waals surface area contributed by atoms with Crippen molar-refractivity contribution in [1.82, 2.24) is 9.78 Å². The van der Waals surface area contributed by atoms with E-state index >= 15 is 0 Å². The Morgan fingerprint density at radius 1 is 1.41 bits per heavy atom. The maximum absolute atomic E-state index is 5.72. The van der Waals surface area contributed by atoms with E-state index in [-0.39, 0.29) is 0 Å². The van der Waals surface area contributed by atoms with Crippen LogP contribution >= 0.6 is 0 Å². The Morgan fingerprint density at radius 3 is 2.94 bits per heavy atom. The number of nitrogens with zero attached hydrogens (tertiary/aromatic N) is 2. The van der Waals surface area contributed by atoms with Gasteiger partial charge in [-0.2, -0.15) is 5.10 Å². The van der Waals surface area contributed by atoms with Gasteiger partial charge in [0, 0.05) is 31.4 Å². The third-order valence-electron chi connectivity index (χ3n) is 2.62. The molecule has 0 bridgehead atoms. The van der Waals surface area contributed by atoms with Gasteiger partial charge in [-0.05, 0) is 24.1 Å². The van der Waals surface area contributed by atoms with Crippen LogP contribution in [0.3, 0.4) is 0 Å². The first kappa shape index (κ1) is 11.5. The Bertz CT molecular complexity index is 505. The van der Waals surface area contributed by atoms with Gasteiger partial charge in [-0.1, -0.05) is 6.07 Å². The second-order valence-electron chi connectivity index (χ2n) is 4.15. The van der Waals surface area contributed by atoms with Gasteiger partial charge in [0.15, 0.2) is 0 Å².